The molecule has 0 saturated heterocycles. The van der Waals surface area contributed by atoms with Crippen molar-refractivity contribution in [1.29, 1.82) is 0 Å². The van der Waals surface area contributed by atoms with Gasteiger partial charge in [0.05, 0.1) is 0 Å². The van der Waals surface area contributed by atoms with Crippen molar-refractivity contribution in [2.45, 2.75) is 20.8 Å². The third kappa shape index (κ3) is 4.85. The highest BCUT2D eigenvalue weighted by molar-refractivity contribution is 7.80. The Labute approximate surface area is 119 Å². The molecule has 18 heavy (non-hydrogen) atoms. The van der Waals surface area contributed by atoms with E-state index in [1.165, 1.54) is 5.56 Å². The van der Waals surface area contributed by atoms with Gasteiger partial charge in [0.15, 0.2) is 10.2 Å². The zero-order chi connectivity index (χ0) is 13.5. The molecule has 0 unspecified atom stereocenters. The largest absolute Gasteiger partial charge is 0.362 e. The maximum absolute atomic E-state index is 5.17. The smallest absolute Gasteiger partial charge is 0.189 e. The number of hydrogen-bond donors (Lipinski definition) is 4. The minimum absolute atomic E-state index is 0.476. The van der Waals surface area contributed by atoms with Crippen LogP contribution in [-0.2, 0) is 0 Å². The molecule has 0 aliphatic carbocycles. The summed E-state index contributed by atoms with van der Waals surface area (Å²) in [6.45, 7) is 6.81. The Kier molecular flexibility index (Phi) is 5.80. The van der Waals surface area contributed by atoms with E-state index in [1.807, 2.05) is 26.8 Å². The Morgan fingerprint density at radius 1 is 1.11 bits per heavy atom. The van der Waals surface area contributed by atoms with Crippen molar-refractivity contribution in [3.8, 4) is 0 Å². The van der Waals surface area contributed by atoms with E-state index in [0.717, 1.165) is 17.8 Å². The van der Waals surface area contributed by atoms with Gasteiger partial charge in [-0.3, -0.25) is 10.9 Å². The van der Waals surface area contributed by atoms with Gasteiger partial charge in [0, 0.05) is 12.2 Å². The van der Waals surface area contributed by atoms with Gasteiger partial charge in [0.25, 0.3) is 0 Å². The molecule has 4 nitrogen and oxygen atoms in total. The van der Waals surface area contributed by atoms with Gasteiger partial charge in [-0.1, -0.05) is 12.1 Å². The van der Waals surface area contributed by atoms with Gasteiger partial charge in [0.2, 0.25) is 0 Å². The molecule has 1 rings (SSSR count). The summed E-state index contributed by atoms with van der Waals surface area (Å²) in [6.07, 6.45) is 0. The molecule has 0 saturated carbocycles. The lowest BCUT2D eigenvalue weighted by Crippen LogP contribution is -2.48. The first-order valence-electron chi connectivity index (χ1n) is 5.71. The van der Waals surface area contributed by atoms with Crippen LogP contribution in [0.2, 0.25) is 0 Å². The Balaban J connectivity index is 2.49. The molecule has 0 aliphatic rings. The molecule has 1 aromatic carbocycles. The van der Waals surface area contributed by atoms with E-state index in [0.29, 0.717) is 10.2 Å². The van der Waals surface area contributed by atoms with E-state index in [1.54, 1.807) is 0 Å². The molecule has 1 aromatic rings. The van der Waals surface area contributed by atoms with Crippen molar-refractivity contribution in [3.63, 3.8) is 0 Å². The number of hydrazine groups is 1. The second-order valence-corrected chi connectivity index (χ2v) is 4.70. The van der Waals surface area contributed by atoms with Crippen molar-refractivity contribution < 1.29 is 0 Å². The molecule has 0 bridgehead atoms. The van der Waals surface area contributed by atoms with Crippen molar-refractivity contribution in [3.05, 3.63) is 29.3 Å². The van der Waals surface area contributed by atoms with E-state index in [4.69, 9.17) is 24.4 Å². The van der Waals surface area contributed by atoms with Crippen LogP contribution in [-0.4, -0.2) is 16.8 Å². The molecule has 0 spiro atoms. The Bertz CT molecular complexity index is 446. The van der Waals surface area contributed by atoms with Gasteiger partial charge < -0.3 is 10.6 Å². The molecule has 0 heterocycles. The molecule has 0 amide bonds. The summed E-state index contributed by atoms with van der Waals surface area (Å²) in [6, 6.07) is 6.17. The molecular formula is C12H18N4S2. The van der Waals surface area contributed by atoms with Crippen LogP contribution in [0.5, 0.6) is 0 Å². The van der Waals surface area contributed by atoms with Crippen molar-refractivity contribution in [1.82, 2.24) is 16.2 Å². The maximum Gasteiger partial charge on any atom is 0.189 e. The Hall–Kier alpha value is -1.40. The van der Waals surface area contributed by atoms with Crippen LogP contribution >= 0.6 is 24.4 Å². The van der Waals surface area contributed by atoms with Gasteiger partial charge in [-0.15, -0.1) is 0 Å². The molecule has 0 aromatic heterocycles. The van der Waals surface area contributed by atoms with Gasteiger partial charge in [-0.05, 0) is 62.4 Å². The summed E-state index contributed by atoms with van der Waals surface area (Å²) >= 11 is 10.2. The summed E-state index contributed by atoms with van der Waals surface area (Å²) < 4.78 is 0. The highest BCUT2D eigenvalue weighted by atomic mass is 32.1. The normalized spacial score (nSPS) is 9.50. The monoisotopic (exact) mass is 282 g/mol. The van der Waals surface area contributed by atoms with Gasteiger partial charge in [-0.25, -0.2) is 0 Å². The molecule has 6 heteroatoms. The highest BCUT2D eigenvalue weighted by Crippen LogP contribution is 2.15. The van der Waals surface area contributed by atoms with E-state index >= 15 is 0 Å². The molecule has 0 aliphatic heterocycles. The number of aryl methyl sites for hydroxylation is 2. The lowest BCUT2D eigenvalue weighted by atomic mass is 10.1. The maximum atomic E-state index is 5.17. The number of thiocarbonyl (C=S) groups is 2. The zero-order valence-electron chi connectivity index (χ0n) is 10.8. The van der Waals surface area contributed by atoms with Crippen LogP contribution in [0, 0.1) is 13.8 Å². The number of rotatable bonds is 2. The topological polar surface area (TPSA) is 48.1 Å². The second-order valence-electron chi connectivity index (χ2n) is 3.88. The van der Waals surface area contributed by atoms with Gasteiger partial charge in [-0.2, -0.15) is 0 Å². The fourth-order valence-electron chi connectivity index (χ4n) is 1.34. The van der Waals surface area contributed by atoms with Gasteiger partial charge >= 0.3 is 0 Å². The van der Waals surface area contributed by atoms with E-state index in [2.05, 4.69) is 33.6 Å². The minimum atomic E-state index is 0.476. The zero-order valence-corrected chi connectivity index (χ0v) is 12.4. The van der Waals surface area contributed by atoms with E-state index in [-0.39, 0.29) is 0 Å². The lowest BCUT2D eigenvalue weighted by Gasteiger charge is -2.15. The van der Waals surface area contributed by atoms with E-state index < -0.39 is 0 Å². The van der Waals surface area contributed by atoms with Crippen LogP contribution in [0.1, 0.15) is 18.1 Å². The first-order valence-corrected chi connectivity index (χ1v) is 6.52. The fraction of sp³-hybridized carbons (Fsp3) is 0.333. The summed E-state index contributed by atoms with van der Waals surface area (Å²) in [5.41, 5.74) is 8.94. The third-order valence-corrected chi connectivity index (χ3v) is 2.72. The van der Waals surface area contributed by atoms with Crippen LogP contribution in [0.25, 0.3) is 0 Å². The lowest BCUT2D eigenvalue weighted by molar-refractivity contribution is 0.825. The van der Waals surface area contributed by atoms with Crippen molar-refractivity contribution in [2.75, 3.05) is 11.9 Å². The molecule has 0 fully saturated rings. The van der Waals surface area contributed by atoms with Crippen LogP contribution in [0.3, 0.4) is 0 Å². The number of benzene rings is 1. The average molecular weight is 282 g/mol. The number of nitrogens with one attached hydrogen (secondary N) is 4. The quantitative estimate of drug-likeness (QED) is 0.492. The molecule has 98 valence electrons. The predicted molar refractivity (Wildman–Crippen MR) is 84.7 cm³/mol. The molecule has 0 radical (unpaired) electrons. The van der Waals surface area contributed by atoms with Crippen molar-refractivity contribution in [2.24, 2.45) is 0 Å². The molecule has 0 atom stereocenters. The Morgan fingerprint density at radius 2 is 1.78 bits per heavy atom. The average Bonchev–Trinajstić information content (AvgIpc) is 2.32. The summed E-state index contributed by atoms with van der Waals surface area (Å²) in [5.74, 6) is 0. The fourth-order valence-corrected chi connectivity index (χ4v) is 1.70. The third-order valence-electron chi connectivity index (χ3n) is 2.27. The number of hydrogen-bond acceptors (Lipinski definition) is 2. The first kappa shape index (κ1) is 14.7. The summed E-state index contributed by atoms with van der Waals surface area (Å²) in [7, 11) is 0. The van der Waals surface area contributed by atoms with Crippen molar-refractivity contribution >= 4 is 40.3 Å². The van der Waals surface area contributed by atoms with Crippen LogP contribution < -0.4 is 21.5 Å². The summed E-state index contributed by atoms with van der Waals surface area (Å²) in [4.78, 5) is 0. The SMILES string of the molecule is CCNC(=S)NNC(=S)Nc1cc(C)ccc1C. The standard InChI is InChI=1S/C12H18N4S2/c1-4-13-11(17)15-16-12(18)14-10-7-8(2)5-6-9(10)3/h5-7H,4H2,1-3H3,(H2,13,15,17)(H2,14,16,18). The van der Waals surface area contributed by atoms with E-state index in [9.17, 15) is 0 Å². The summed E-state index contributed by atoms with van der Waals surface area (Å²) in [5, 5.41) is 7.07. The number of anilines is 1. The Morgan fingerprint density at radius 3 is 2.44 bits per heavy atom. The predicted octanol–water partition coefficient (Wildman–Crippen LogP) is 1.99. The minimum Gasteiger partial charge on any atom is -0.362 e. The molecular weight excluding hydrogens is 264 g/mol. The second kappa shape index (κ2) is 7.13. The molecule has 4 N–H and O–H groups in total. The first-order chi connectivity index (χ1) is 8.52. The van der Waals surface area contributed by atoms with Gasteiger partial charge in [0.1, 0.15) is 0 Å². The van der Waals surface area contributed by atoms with Crippen LogP contribution in [0.4, 0.5) is 5.69 Å². The van der Waals surface area contributed by atoms with Crippen LogP contribution in [0.15, 0.2) is 18.2 Å². The highest BCUT2D eigenvalue weighted by Gasteiger charge is 2.01.